The number of aromatic nitrogens is 1. The fourth-order valence-corrected chi connectivity index (χ4v) is 3.26. The average Bonchev–Trinajstić information content (AvgIpc) is 2.67. The predicted molar refractivity (Wildman–Crippen MR) is 81.6 cm³/mol. The monoisotopic (exact) mass is 309 g/mol. The summed E-state index contributed by atoms with van der Waals surface area (Å²) in [6.07, 6.45) is 0.925. The molecule has 2 aromatic rings. The Morgan fingerprint density at radius 3 is 2.70 bits per heavy atom. The maximum Gasteiger partial charge on any atom is 0.307 e. The first kappa shape index (κ1) is 15.0. The molecule has 1 atom stereocenters. The zero-order chi connectivity index (χ0) is 14.7. The van der Waals surface area contributed by atoms with Gasteiger partial charge in [-0.15, -0.1) is 11.3 Å². The van der Waals surface area contributed by atoms with Crippen molar-refractivity contribution in [3.8, 4) is 0 Å². The lowest BCUT2D eigenvalue weighted by atomic mass is 9.96. The van der Waals surface area contributed by atoms with E-state index in [1.54, 1.807) is 17.4 Å². The van der Waals surface area contributed by atoms with Gasteiger partial charge in [0.2, 0.25) is 0 Å². The minimum Gasteiger partial charge on any atom is -0.481 e. The molecule has 3 nitrogen and oxygen atoms in total. The van der Waals surface area contributed by atoms with Crippen LogP contribution >= 0.6 is 22.9 Å². The average molecular weight is 310 g/mol. The number of rotatable bonds is 5. The molecular weight excluding hydrogens is 294 g/mol. The van der Waals surface area contributed by atoms with Gasteiger partial charge in [-0.3, -0.25) is 4.79 Å². The number of hydrogen-bond donors (Lipinski definition) is 1. The standard InChI is InChI=1S/C15H16ClNO2S/c1-9-10(2)20-14(17-9)8-12(15(18)19)6-11-4-3-5-13(16)7-11/h3-5,7,12H,6,8H2,1-2H3,(H,18,19). The normalized spacial score (nSPS) is 12.3. The SMILES string of the molecule is Cc1nc(CC(Cc2cccc(Cl)c2)C(=O)O)sc1C. The number of hydrogen-bond acceptors (Lipinski definition) is 3. The first-order valence-electron chi connectivity index (χ1n) is 6.36. The first-order valence-corrected chi connectivity index (χ1v) is 7.55. The van der Waals surface area contributed by atoms with Crippen molar-refractivity contribution in [3.63, 3.8) is 0 Å². The van der Waals surface area contributed by atoms with Gasteiger partial charge < -0.3 is 5.11 Å². The third-order valence-electron chi connectivity index (χ3n) is 3.21. The van der Waals surface area contributed by atoms with Crippen molar-refractivity contribution in [3.05, 3.63) is 50.4 Å². The molecule has 1 aromatic carbocycles. The largest absolute Gasteiger partial charge is 0.481 e. The van der Waals surface area contributed by atoms with Gasteiger partial charge >= 0.3 is 5.97 Å². The number of carboxylic acid groups (broad SMARTS) is 1. The fraction of sp³-hybridized carbons (Fsp3) is 0.333. The van der Waals surface area contributed by atoms with Crippen LogP contribution in [-0.2, 0) is 17.6 Å². The number of halogens is 1. The molecule has 0 fully saturated rings. The van der Waals surface area contributed by atoms with E-state index in [0.29, 0.717) is 17.9 Å². The highest BCUT2D eigenvalue weighted by Gasteiger charge is 2.20. The second-order valence-electron chi connectivity index (χ2n) is 4.82. The first-order chi connectivity index (χ1) is 9.45. The van der Waals surface area contributed by atoms with E-state index < -0.39 is 11.9 Å². The minimum atomic E-state index is -0.796. The third kappa shape index (κ3) is 3.81. The predicted octanol–water partition coefficient (Wildman–Crippen LogP) is 3.90. The molecule has 0 bridgehead atoms. The number of benzene rings is 1. The lowest BCUT2D eigenvalue weighted by Gasteiger charge is -2.11. The zero-order valence-electron chi connectivity index (χ0n) is 11.4. The van der Waals surface area contributed by atoms with Crippen LogP contribution in [0.1, 0.15) is 21.1 Å². The van der Waals surface area contributed by atoms with Crippen molar-refractivity contribution < 1.29 is 9.90 Å². The second-order valence-corrected chi connectivity index (χ2v) is 6.55. The molecule has 1 aromatic heterocycles. The molecule has 5 heteroatoms. The van der Waals surface area contributed by atoms with E-state index in [2.05, 4.69) is 4.98 Å². The maximum absolute atomic E-state index is 11.4. The number of carboxylic acids is 1. The van der Waals surface area contributed by atoms with Gasteiger partial charge in [0.15, 0.2) is 0 Å². The van der Waals surface area contributed by atoms with Crippen LogP contribution < -0.4 is 0 Å². The summed E-state index contributed by atoms with van der Waals surface area (Å²) in [4.78, 5) is 17.0. The molecule has 1 unspecified atom stereocenters. The number of aliphatic carboxylic acids is 1. The van der Waals surface area contributed by atoms with Gasteiger partial charge in [0.1, 0.15) is 0 Å². The molecule has 1 N–H and O–H groups in total. The highest BCUT2D eigenvalue weighted by molar-refractivity contribution is 7.11. The summed E-state index contributed by atoms with van der Waals surface area (Å²) in [5, 5.41) is 10.9. The van der Waals surface area contributed by atoms with Gasteiger partial charge in [0.05, 0.1) is 16.6 Å². The summed E-state index contributed by atoms with van der Waals surface area (Å²) in [5.41, 5.74) is 1.92. The van der Waals surface area contributed by atoms with E-state index in [4.69, 9.17) is 11.6 Å². The molecule has 0 aliphatic heterocycles. The Kier molecular flexibility index (Phi) is 4.78. The van der Waals surface area contributed by atoms with Crippen molar-refractivity contribution in [2.45, 2.75) is 26.7 Å². The minimum absolute atomic E-state index is 0.460. The third-order valence-corrected chi connectivity index (χ3v) is 4.54. The Labute approximate surface area is 127 Å². The maximum atomic E-state index is 11.4. The van der Waals surface area contributed by atoms with E-state index in [1.807, 2.05) is 32.0 Å². The summed E-state index contributed by atoms with van der Waals surface area (Å²) in [7, 11) is 0. The molecule has 20 heavy (non-hydrogen) atoms. The summed E-state index contributed by atoms with van der Waals surface area (Å²) >= 11 is 7.51. The number of carbonyl (C=O) groups is 1. The molecule has 0 saturated heterocycles. The van der Waals surface area contributed by atoms with Crippen molar-refractivity contribution in [1.82, 2.24) is 4.98 Å². The molecule has 2 rings (SSSR count). The number of thiazole rings is 1. The van der Waals surface area contributed by atoms with Crippen molar-refractivity contribution in [1.29, 1.82) is 0 Å². The summed E-state index contributed by atoms with van der Waals surface area (Å²) in [5.74, 6) is -1.27. The molecule has 0 spiro atoms. The summed E-state index contributed by atoms with van der Waals surface area (Å²) in [6, 6.07) is 7.35. The quantitative estimate of drug-likeness (QED) is 0.911. The Morgan fingerprint density at radius 2 is 2.15 bits per heavy atom. The Balaban J connectivity index is 2.13. The van der Waals surface area contributed by atoms with Crippen LogP contribution in [0.5, 0.6) is 0 Å². The number of aryl methyl sites for hydroxylation is 2. The van der Waals surface area contributed by atoms with Gasteiger partial charge in [-0.2, -0.15) is 0 Å². The Bertz CT molecular complexity index is 605. The van der Waals surface area contributed by atoms with Gasteiger partial charge in [-0.05, 0) is 38.0 Å². The molecule has 1 heterocycles. The van der Waals surface area contributed by atoms with Gasteiger partial charge in [0, 0.05) is 16.3 Å². The fourth-order valence-electron chi connectivity index (χ4n) is 2.03. The second kappa shape index (κ2) is 6.37. The van der Waals surface area contributed by atoms with Crippen molar-refractivity contribution in [2.24, 2.45) is 5.92 Å². The molecule has 0 aliphatic rings. The van der Waals surface area contributed by atoms with Crippen LogP contribution in [0, 0.1) is 19.8 Å². The van der Waals surface area contributed by atoms with Gasteiger partial charge in [0.25, 0.3) is 0 Å². The summed E-state index contributed by atoms with van der Waals surface area (Å²) in [6.45, 7) is 3.95. The highest BCUT2D eigenvalue weighted by Crippen LogP contribution is 2.22. The molecular formula is C15H16ClNO2S. The van der Waals surface area contributed by atoms with Crippen LogP contribution in [0.2, 0.25) is 5.02 Å². The zero-order valence-corrected chi connectivity index (χ0v) is 13.0. The highest BCUT2D eigenvalue weighted by atomic mass is 35.5. The van der Waals surface area contributed by atoms with Crippen LogP contribution in [-0.4, -0.2) is 16.1 Å². The van der Waals surface area contributed by atoms with E-state index in [9.17, 15) is 9.90 Å². The van der Waals surface area contributed by atoms with Crippen LogP contribution in [0.25, 0.3) is 0 Å². The number of nitrogens with zero attached hydrogens (tertiary/aromatic N) is 1. The topological polar surface area (TPSA) is 50.2 Å². The van der Waals surface area contributed by atoms with Crippen LogP contribution in [0.3, 0.4) is 0 Å². The van der Waals surface area contributed by atoms with Gasteiger partial charge in [-0.1, -0.05) is 23.7 Å². The molecule has 0 aliphatic carbocycles. The van der Waals surface area contributed by atoms with E-state index in [1.165, 1.54) is 0 Å². The molecule has 0 saturated carbocycles. The van der Waals surface area contributed by atoms with Crippen LogP contribution in [0.4, 0.5) is 0 Å². The Hall–Kier alpha value is -1.39. The smallest absolute Gasteiger partial charge is 0.307 e. The lowest BCUT2D eigenvalue weighted by Crippen LogP contribution is -2.19. The molecule has 0 amide bonds. The molecule has 106 valence electrons. The van der Waals surface area contributed by atoms with E-state index >= 15 is 0 Å². The summed E-state index contributed by atoms with van der Waals surface area (Å²) < 4.78 is 0. The lowest BCUT2D eigenvalue weighted by molar-refractivity contribution is -0.141. The van der Waals surface area contributed by atoms with Crippen LogP contribution in [0.15, 0.2) is 24.3 Å². The Morgan fingerprint density at radius 1 is 1.40 bits per heavy atom. The molecule has 0 radical (unpaired) electrons. The van der Waals surface area contributed by atoms with Crippen molar-refractivity contribution >= 4 is 28.9 Å². The van der Waals surface area contributed by atoms with Crippen molar-refractivity contribution in [2.75, 3.05) is 0 Å². The van der Waals surface area contributed by atoms with Gasteiger partial charge in [-0.25, -0.2) is 4.98 Å². The van der Waals surface area contributed by atoms with E-state index in [0.717, 1.165) is 21.1 Å². The van der Waals surface area contributed by atoms with E-state index in [-0.39, 0.29) is 0 Å².